The molecule has 3 amide bonds. The Hall–Kier alpha value is -3.45. The summed E-state index contributed by atoms with van der Waals surface area (Å²) in [5.41, 5.74) is 0.0687. The van der Waals surface area contributed by atoms with E-state index in [2.05, 4.69) is 15.4 Å². The molecule has 0 aromatic heterocycles. The lowest BCUT2D eigenvalue weighted by molar-refractivity contribution is -0.123. The van der Waals surface area contributed by atoms with Crippen LogP contribution in [0.3, 0.4) is 0 Å². The minimum absolute atomic E-state index is 0.0899. The van der Waals surface area contributed by atoms with Gasteiger partial charge in [-0.1, -0.05) is 12.1 Å². The fraction of sp³-hybridized carbons (Fsp3) is 0.250. The Labute approximate surface area is 187 Å². The second kappa shape index (κ2) is 10.4. The summed E-state index contributed by atoms with van der Waals surface area (Å²) in [5.74, 6) is -2.23. The third-order valence-electron chi connectivity index (χ3n) is 4.09. The third-order valence-corrected chi connectivity index (χ3v) is 5.65. The lowest BCUT2D eigenvalue weighted by Crippen LogP contribution is -2.42. The van der Waals surface area contributed by atoms with E-state index >= 15 is 0 Å². The van der Waals surface area contributed by atoms with Gasteiger partial charge in [-0.15, -0.1) is 0 Å². The van der Waals surface area contributed by atoms with Crippen molar-refractivity contribution in [2.75, 3.05) is 17.2 Å². The number of benzene rings is 2. The number of anilines is 2. The van der Waals surface area contributed by atoms with Gasteiger partial charge in [-0.2, -0.15) is 17.9 Å². The zero-order valence-corrected chi connectivity index (χ0v) is 18.3. The molecule has 0 unspecified atom stereocenters. The van der Waals surface area contributed by atoms with E-state index in [0.29, 0.717) is 5.69 Å². The molecule has 1 atom stereocenters. The molecule has 0 fully saturated rings. The zero-order chi connectivity index (χ0) is 24.8. The van der Waals surface area contributed by atoms with Gasteiger partial charge in [-0.3, -0.25) is 14.4 Å². The highest BCUT2D eigenvalue weighted by Crippen LogP contribution is 2.18. The number of hydrogen-bond donors (Lipinski definition) is 4. The van der Waals surface area contributed by atoms with Crippen LogP contribution in [0.5, 0.6) is 0 Å². The Morgan fingerprint density at radius 1 is 0.970 bits per heavy atom. The Morgan fingerprint density at radius 3 is 2.15 bits per heavy atom. The average molecular weight is 486 g/mol. The Morgan fingerprint density at radius 2 is 1.58 bits per heavy atom. The second-order valence-electron chi connectivity index (χ2n) is 6.88. The van der Waals surface area contributed by atoms with Gasteiger partial charge in [0.2, 0.25) is 21.8 Å². The van der Waals surface area contributed by atoms with E-state index in [1.54, 1.807) is 5.32 Å². The van der Waals surface area contributed by atoms with Crippen molar-refractivity contribution in [1.29, 1.82) is 0 Å². The van der Waals surface area contributed by atoms with Gasteiger partial charge < -0.3 is 16.0 Å². The molecule has 0 aliphatic carbocycles. The number of rotatable bonds is 8. The number of carbonyl (C=O) groups excluding carboxylic acids is 3. The molecule has 4 N–H and O–H groups in total. The first-order valence-corrected chi connectivity index (χ1v) is 10.9. The Bertz CT molecular complexity index is 1140. The minimum atomic E-state index is -4.61. The van der Waals surface area contributed by atoms with Crippen molar-refractivity contribution in [3.05, 3.63) is 54.1 Å². The fourth-order valence-corrected chi connectivity index (χ4v) is 3.78. The Kier molecular flexibility index (Phi) is 8.17. The number of sulfonamides is 1. The molecule has 2 aromatic carbocycles. The highest BCUT2D eigenvalue weighted by Gasteiger charge is 2.29. The summed E-state index contributed by atoms with van der Waals surface area (Å²) in [5, 5.41) is 6.53. The first-order valence-electron chi connectivity index (χ1n) is 9.43. The van der Waals surface area contributed by atoms with Crippen LogP contribution in [0.4, 0.5) is 24.5 Å². The van der Waals surface area contributed by atoms with E-state index < -0.39 is 40.6 Å². The maximum absolute atomic E-state index is 12.5. The number of carbonyl (C=O) groups is 3. The van der Waals surface area contributed by atoms with E-state index in [1.165, 1.54) is 62.4 Å². The van der Waals surface area contributed by atoms with E-state index in [-0.39, 0.29) is 22.1 Å². The van der Waals surface area contributed by atoms with Crippen LogP contribution in [-0.4, -0.2) is 44.9 Å². The summed E-state index contributed by atoms with van der Waals surface area (Å²) in [6, 6.07) is 9.27. The predicted octanol–water partition coefficient (Wildman–Crippen LogP) is 2.24. The smallest absolute Gasteiger partial charge is 0.343 e. The summed E-state index contributed by atoms with van der Waals surface area (Å²) < 4.78 is 64.3. The van der Waals surface area contributed by atoms with Gasteiger partial charge in [0.1, 0.15) is 6.54 Å². The molecule has 33 heavy (non-hydrogen) atoms. The number of nitrogens with one attached hydrogen (secondary N) is 4. The summed E-state index contributed by atoms with van der Waals surface area (Å²) in [7, 11) is -4.12. The quantitative estimate of drug-likeness (QED) is 0.454. The van der Waals surface area contributed by atoms with Gasteiger partial charge in [0.05, 0.1) is 22.2 Å². The van der Waals surface area contributed by atoms with Gasteiger partial charge >= 0.3 is 6.18 Å². The van der Waals surface area contributed by atoms with Crippen LogP contribution in [0, 0.1) is 0 Å². The molecule has 0 aliphatic rings. The maximum Gasteiger partial charge on any atom is 0.405 e. The lowest BCUT2D eigenvalue weighted by atomic mass is 10.1. The molecule has 9 nitrogen and oxygen atoms in total. The SMILES string of the molecule is CC(=O)Nc1ccc(S(=O)(=O)N[C@@H](C)C(=O)Nc2ccccc2C(=O)NCC(F)(F)F)cc1. The van der Waals surface area contributed by atoms with Crippen LogP contribution in [-0.2, 0) is 19.6 Å². The largest absolute Gasteiger partial charge is 0.405 e. The van der Waals surface area contributed by atoms with Crippen LogP contribution in [0.15, 0.2) is 53.4 Å². The highest BCUT2D eigenvalue weighted by atomic mass is 32.2. The van der Waals surface area contributed by atoms with E-state index in [9.17, 15) is 36.0 Å². The van der Waals surface area contributed by atoms with Crippen LogP contribution in [0.1, 0.15) is 24.2 Å². The molecule has 178 valence electrons. The summed E-state index contributed by atoms with van der Waals surface area (Å²) in [6.07, 6.45) is -4.61. The standard InChI is InChI=1S/C20H21F3N4O5S/c1-12(27-33(31,32)15-9-7-14(8-10-15)25-13(2)28)18(29)26-17-6-4-3-5-16(17)19(30)24-11-20(21,22)23/h3-10,12,27H,11H2,1-2H3,(H,24,30)(H,25,28)(H,26,29)/t12-/m0/s1. The molecule has 2 aromatic rings. The normalized spacial score (nSPS) is 12.5. The monoisotopic (exact) mass is 486 g/mol. The first kappa shape index (κ1) is 25.8. The van der Waals surface area contributed by atoms with E-state index in [1.807, 2.05) is 0 Å². The van der Waals surface area contributed by atoms with Crippen molar-refractivity contribution in [3.63, 3.8) is 0 Å². The van der Waals surface area contributed by atoms with Gasteiger partial charge in [0.15, 0.2) is 0 Å². The first-order chi connectivity index (χ1) is 15.3. The summed E-state index contributed by atoms with van der Waals surface area (Å²) >= 11 is 0. The molecule has 13 heteroatoms. The van der Waals surface area contributed by atoms with Gasteiger partial charge in [0.25, 0.3) is 5.91 Å². The Balaban J connectivity index is 2.09. The summed E-state index contributed by atoms with van der Waals surface area (Å²) in [4.78, 5) is 35.5. The molecule has 0 bridgehead atoms. The van der Waals surface area contributed by atoms with Crippen LogP contribution >= 0.6 is 0 Å². The molecule has 2 rings (SSSR count). The molecule has 0 saturated carbocycles. The van der Waals surface area contributed by atoms with Crippen molar-refractivity contribution in [2.45, 2.75) is 31.0 Å². The molecular weight excluding hydrogens is 465 g/mol. The molecule has 0 heterocycles. The highest BCUT2D eigenvalue weighted by molar-refractivity contribution is 7.89. The van der Waals surface area contributed by atoms with Crippen molar-refractivity contribution in [3.8, 4) is 0 Å². The fourth-order valence-electron chi connectivity index (χ4n) is 2.58. The molecule has 0 radical (unpaired) electrons. The maximum atomic E-state index is 12.5. The third kappa shape index (κ3) is 7.88. The van der Waals surface area contributed by atoms with Gasteiger partial charge in [-0.25, -0.2) is 8.42 Å². The number of alkyl halides is 3. The van der Waals surface area contributed by atoms with Crippen molar-refractivity contribution in [2.24, 2.45) is 0 Å². The van der Waals surface area contributed by atoms with Crippen molar-refractivity contribution in [1.82, 2.24) is 10.0 Å². The van der Waals surface area contributed by atoms with Gasteiger partial charge in [-0.05, 0) is 43.3 Å². The van der Waals surface area contributed by atoms with E-state index in [4.69, 9.17) is 0 Å². The van der Waals surface area contributed by atoms with Crippen LogP contribution in [0.25, 0.3) is 0 Å². The zero-order valence-electron chi connectivity index (χ0n) is 17.5. The van der Waals surface area contributed by atoms with Crippen molar-refractivity contribution >= 4 is 39.1 Å². The lowest BCUT2D eigenvalue weighted by Gasteiger charge is -2.17. The van der Waals surface area contributed by atoms with Crippen LogP contribution < -0.4 is 20.7 Å². The number of hydrogen-bond acceptors (Lipinski definition) is 5. The van der Waals surface area contributed by atoms with Crippen molar-refractivity contribution < 1.29 is 36.0 Å². The minimum Gasteiger partial charge on any atom is -0.343 e. The molecular formula is C20H21F3N4O5S. The number of amides is 3. The molecule has 0 saturated heterocycles. The molecule has 0 spiro atoms. The molecule has 0 aliphatic heterocycles. The second-order valence-corrected chi connectivity index (χ2v) is 8.60. The average Bonchev–Trinajstić information content (AvgIpc) is 2.71. The number of halogens is 3. The van der Waals surface area contributed by atoms with Gasteiger partial charge in [0, 0.05) is 12.6 Å². The summed E-state index contributed by atoms with van der Waals surface area (Å²) in [6.45, 7) is 1.00. The van der Waals surface area contributed by atoms with E-state index in [0.717, 1.165) is 0 Å². The predicted molar refractivity (Wildman–Crippen MR) is 114 cm³/mol. The number of para-hydroxylation sites is 1. The topological polar surface area (TPSA) is 133 Å². The van der Waals surface area contributed by atoms with Crippen LogP contribution in [0.2, 0.25) is 0 Å².